The van der Waals surface area contributed by atoms with Crippen molar-refractivity contribution in [3.05, 3.63) is 12.7 Å². The standard InChI is InChI=1S/C7H13NO4S.Na.H2O/c1-4-6(9)8-5-7(2,3)13(10,11)12;;/h4H,1,5H2,2-3H3,(H,8,9)(H,10,11,12);;1H2/q;+1;/p-1. The first-order chi connectivity index (χ1) is 5.70. The van der Waals surface area contributed by atoms with Crippen LogP contribution in [0.2, 0.25) is 0 Å². The van der Waals surface area contributed by atoms with Crippen molar-refractivity contribution < 1.29 is 52.8 Å². The van der Waals surface area contributed by atoms with E-state index in [0.717, 1.165) is 6.08 Å². The van der Waals surface area contributed by atoms with Crippen molar-refractivity contribution in [1.29, 1.82) is 0 Å². The van der Waals surface area contributed by atoms with Crippen LogP contribution in [0.4, 0.5) is 0 Å². The number of nitrogens with one attached hydrogen (secondary N) is 1. The molecule has 3 N–H and O–H groups in total. The number of carbonyl (C=O) groups excluding carboxylic acids is 1. The topological polar surface area (TPSA) is 118 Å². The molecule has 1 amide bonds. The van der Waals surface area contributed by atoms with Crippen molar-refractivity contribution >= 4 is 16.0 Å². The summed E-state index contributed by atoms with van der Waals surface area (Å²) in [4.78, 5) is 10.7. The summed E-state index contributed by atoms with van der Waals surface area (Å²) in [5.74, 6) is -0.503. The first-order valence-corrected chi connectivity index (χ1v) is 4.97. The summed E-state index contributed by atoms with van der Waals surface area (Å²) < 4.78 is 30.4. The van der Waals surface area contributed by atoms with E-state index < -0.39 is 20.8 Å². The second kappa shape index (κ2) is 7.37. The van der Waals surface area contributed by atoms with Crippen LogP contribution in [0.3, 0.4) is 0 Å². The van der Waals surface area contributed by atoms with Crippen molar-refractivity contribution in [3.63, 3.8) is 0 Å². The minimum atomic E-state index is -4.41. The molecule has 0 saturated carbocycles. The summed E-state index contributed by atoms with van der Waals surface area (Å²) in [7, 11) is -4.41. The molecule has 0 aliphatic heterocycles. The average molecular weight is 247 g/mol. The summed E-state index contributed by atoms with van der Waals surface area (Å²) in [6.45, 7) is 5.46. The van der Waals surface area contributed by atoms with Crippen molar-refractivity contribution in [2.24, 2.45) is 0 Å². The number of rotatable bonds is 4. The van der Waals surface area contributed by atoms with Gasteiger partial charge in [-0.1, -0.05) is 6.58 Å². The summed E-state index contributed by atoms with van der Waals surface area (Å²) >= 11 is 0. The number of hydrogen-bond donors (Lipinski definition) is 1. The van der Waals surface area contributed by atoms with E-state index in [1.165, 1.54) is 13.8 Å². The molecule has 0 heterocycles. The van der Waals surface area contributed by atoms with Crippen LogP contribution in [0.1, 0.15) is 13.8 Å². The van der Waals surface area contributed by atoms with Gasteiger partial charge in [-0.25, -0.2) is 8.42 Å². The third-order valence-corrected chi connectivity index (χ3v) is 3.05. The zero-order valence-corrected chi connectivity index (χ0v) is 11.8. The maximum atomic E-state index is 10.7. The van der Waals surface area contributed by atoms with Crippen LogP contribution < -0.4 is 34.9 Å². The van der Waals surface area contributed by atoms with Gasteiger partial charge in [0.2, 0.25) is 5.91 Å². The van der Waals surface area contributed by atoms with Gasteiger partial charge in [-0.2, -0.15) is 0 Å². The Morgan fingerprint density at radius 1 is 1.53 bits per heavy atom. The average Bonchev–Trinajstić information content (AvgIpc) is 1.98. The maximum Gasteiger partial charge on any atom is 1.00 e. The Bertz CT molecular complexity index is 311. The normalized spacial score (nSPS) is 10.6. The third-order valence-electron chi connectivity index (χ3n) is 1.55. The summed E-state index contributed by atoms with van der Waals surface area (Å²) in [6.07, 6.45) is 1.01. The van der Waals surface area contributed by atoms with Gasteiger partial charge >= 0.3 is 29.6 Å². The molecule has 0 aromatic carbocycles. The summed E-state index contributed by atoms with van der Waals surface area (Å²) in [5, 5.41) is 2.24. The molecule has 0 aliphatic rings. The fourth-order valence-electron chi connectivity index (χ4n) is 0.461. The molecule has 0 saturated heterocycles. The zero-order chi connectivity index (χ0) is 10.7. The van der Waals surface area contributed by atoms with Gasteiger partial charge in [0.1, 0.15) is 10.1 Å². The van der Waals surface area contributed by atoms with E-state index in [1.807, 2.05) is 0 Å². The van der Waals surface area contributed by atoms with Crippen LogP contribution in [0, 0.1) is 0 Å². The van der Waals surface area contributed by atoms with Crippen molar-refractivity contribution in [2.45, 2.75) is 18.6 Å². The van der Waals surface area contributed by atoms with Gasteiger partial charge in [-0.3, -0.25) is 4.79 Å². The van der Waals surface area contributed by atoms with E-state index in [9.17, 15) is 17.8 Å². The monoisotopic (exact) mass is 247 g/mol. The van der Waals surface area contributed by atoms with Gasteiger partial charge in [-0.15, -0.1) is 0 Å². The number of amides is 1. The van der Waals surface area contributed by atoms with E-state index >= 15 is 0 Å². The summed E-state index contributed by atoms with van der Waals surface area (Å²) in [6, 6.07) is 0. The largest absolute Gasteiger partial charge is 1.00 e. The molecule has 0 rings (SSSR count). The minimum Gasteiger partial charge on any atom is -0.747 e. The van der Waals surface area contributed by atoms with Crippen LogP contribution in [0.5, 0.6) is 0 Å². The van der Waals surface area contributed by atoms with Crippen molar-refractivity contribution in [2.75, 3.05) is 6.54 Å². The molecule has 0 aromatic heterocycles. The molecule has 15 heavy (non-hydrogen) atoms. The van der Waals surface area contributed by atoms with Crippen molar-refractivity contribution in [1.82, 2.24) is 5.32 Å². The van der Waals surface area contributed by atoms with Gasteiger partial charge in [0.25, 0.3) is 0 Å². The van der Waals surface area contributed by atoms with E-state index in [0.29, 0.717) is 0 Å². The van der Waals surface area contributed by atoms with Crippen LogP contribution in [0.25, 0.3) is 0 Å². The van der Waals surface area contributed by atoms with E-state index in [1.54, 1.807) is 0 Å². The molecule has 0 bridgehead atoms. The zero-order valence-electron chi connectivity index (χ0n) is 9.03. The summed E-state index contributed by atoms with van der Waals surface area (Å²) in [5.41, 5.74) is 0. The molecular formula is C7H14NNaO5S. The van der Waals surface area contributed by atoms with Gasteiger partial charge in [0.05, 0.1) is 4.75 Å². The predicted octanol–water partition coefficient (Wildman–Crippen LogP) is -4.21. The fourth-order valence-corrected chi connectivity index (χ4v) is 0.709. The molecule has 0 spiro atoms. The van der Waals surface area contributed by atoms with Crippen LogP contribution in [0.15, 0.2) is 12.7 Å². The Morgan fingerprint density at radius 2 is 1.93 bits per heavy atom. The van der Waals surface area contributed by atoms with Gasteiger partial charge < -0.3 is 15.3 Å². The second-order valence-electron chi connectivity index (χ2n) is 3.14. The van der Waals surface area contributed by atoms with E-state index in [4.69, 9.17) is 0 Å². The molecule has 0 aliphatic carbocycles. The Balaban J connectivity index is -0.000000720. The first kappa shape index (κ1) is 20.5. The second-order valence-corrected chi connectivity index (χ2v) is 5.15. The van der Waals surface area contributed by atoms with Gasteiger partial charge in [0.15, 0.2) is 0 Å². The fraction of sp³-hybridized carbons (Fsp3) is 0.571. The molecule has 6 nitrogen and oxygen atoms in total. The molecule has 0 fully saturated rings. The quantitative estimate of drug-likeness (QED) is 0.308. The Labute approximate surface area is 111 Å². The van der Waals surface area contributed by atoms with Gasteiger partial charge in [0, 0.05) is 6.54 Å². The molecular weight excluding hydrogens is 233 g/mol. The maximum absolute atomic E-state index is 10.7. The SMILES string of the molecule is C=CC(=O)NCC(C)(C)S(=O)(=O)[O-].O.[Na+]. The molecule has 0 radical (unpaired) electrons. The van der Waals surface area contributed by atoms with Crippen LogP contribution >= 0.6 is 0 Å². The molecule has 84 valence electrons. The third kappa shape index (κ3) is 7.04. The smallest absolute Gasteiger partial charge is 0.747 e. The van der Waals surface area contributed by atoms with Crippen LogP contribution in [-0.2, 0) is 14.9 Å². The first-order valence-electron chi connectivity index (χ1n) is 3.56. The van der Waals surface area contributed by atoms with E-state index in [2.05, 4.69) is 11.9 Å². The van der Waals surface area contributed by atoms with Crippen LogP contribution in [-0.4, -0.2) is 35.6 Å². The molecule has 0 atom stereocenters. The minimum absolute atomic E-state index is 0. The Kier molecular flexibility index (Phi) is 10.1. The number of hydrogen-bond acceptors (Lipinski definition) is 4. The Morgan fingerprint density at radius 3 is 2.20 bits per heavy atom. The molecule has 0 aromatic rings. The number of carbonyl (C=O) groups is 1. The van der Waals surface area contributed by atoms with Gasteiger partial charge in [-0.05, 0) is 19.9 Å². The predicted molar refractivity (Wildman–Crippen MR) is 50.6 cm³/mol. The van der Waals surface area contributed by atoms with E-state index in [-0.39, 0.29) is 41.6 Å². The molecule has 0 unspecified atom stereocenters. The van der Waals surface area contributed by atoms with Crippen molar-refractivity contribution in [3.8, 4) is 0 Å². The molecule has 8 heteroatoms. The Hall–Kier alpha value is 0.0800.